The van der Waals surface area contributed by atoms with Crippen molar-refractivity contribution in [3.8, 4) is 80.5 Å². The Morgan fingerprint density at radius 1 is 0.132 bits per heavy atom. The summed E-state index contributed by atoms with van der Waals surface area (Å²) < 4.78 is 92.3. The van der Waals surface area contributed by atoms with Crippen LogP contribution in [0.5, 0.6) is 80.5 Å². The molecule has 0 aliphatic rings. The van der Waals surface area contributed by atoms with Gasteiger partial charge in [0.05, 0.1) is 6.42 Å². The molecule has 0 bridgehead atoms. The highest BCUT2D eigenvalue weighted by molar-refractivity contribution is 6.13. The number of Topliss-reactive ketones (excluding diaryl/α,β-unsaturated/α-hetero) is 2. The fourth-order valence-electron chi connectivity index (χ4n) is 14.1. The van der Waals surface area contributed by atoms with E-state index in [-0.39, 0.29) is 62.5 Å². The summed E-state index contributed by atoms with van der Waals surface area (Å²) in [4.78, 5) is 28.7. The average Bonchev–Trinajstić information content (AvgIpc) is 0.794. The van der Waals surface area contributed by atoms with Gasteiger partial charge in [0.2, 0.25) is 0 Å². The van der Waals surface area contributed by atoms with Crippen molar-refractivity contribution in [2.24, 2.45) is 0 Å². The topological polar surface area (TPSA) is 163 Å². The second-order valence-electron chi connectivity index (χ2n) is 30.9. The number of hydrogen-bond acceptors (Lipinski definition) is 16. The van der Waals surface area contributed by atoms with Gasteiger partial charge in [-0.1, -0.05) is 273 Å². The van der Waals surface area contributed by atoms with Gasteiger partial charge in [0, 0.05) is 53.6 Å². The molecule has 0 aliphatic heterocycles. The van der Waals surface area contributed by atoms with Crippen molar-refractivity contribution in [1.82, 2.24) is 0 Å². The minimum Gasteiger partial charge on any atom is -0.489 e. The number of hydrogen-bond donors (Lipinski definition) is 0. The minimum absolute atomic E-state index is 0.0559. The van der Waals surface area contributed by atoms with Gasteiger partial charge in [0.15, 0.2) is 11.6 Å². The third-order valence-corrected chi connectivity index (χ3v) is 20.7. The van der Waals surface area contributed by atoms with Gasteiger partial charge in [-0.05, 0) is 163 Å². The highest BCUT2D eigenvalue weighted by atomic mass is 16.5. The lowest BCUT2D eigenvalue weighted by molar-refractivity contribution is 0.0893. The molecule has 0 atom stereocenters. The number of carbonyl (C=O) groups is 2. The van der Waals surface area contributed by atoms with Crippen molar-refractivity contribution >= 4 is 11.6 Å². The molecular formula is C113H96O16. The molecule has 0 unspecified atom stereocenters. The van der Waals surface area contributed by atoms with Gasteiger partial charge in [0.25, 0.3) is 0 Å². The average molecular weight is 1710 g/mol. The zero-order valence-corrected chi connectivity index (χ0v) is 71.2. The van der Waals surface area contributed by atoms with Crippen LogP contribution in [-0.4, -0.2) is 11.6 Å². The first-order valence-electron chi connectivity index (χ1n) is 42.8. The van der Waals surface area contributed by atoms with Crippen molar-refractivity contribution in [2.45, 2.75) is 98.9 Å². The molecule has 0 saturated carbocycles. The SMILES string of the molecule is O=C(CC(=O)c1cc(OCc2cc(OCc3cc(OCc4ccccc4)cc(OCc4ccccc4)c3)cc(OCc3cc(OCc4ccccc4)cc(OCc4ccccc4)c3)c2)cc(OCc2cc(OCc3cc(OCc4ccccc4)cc(OCc4ccccc4)c3)cc(OCc3cc(OCc4ccccc4)cc(OCc4ccccc4)c3)c2)c1)c1ccccc1. The van der Waals surface area contributed by atoms with Gasteiger partial charge in [-0.3, -0.25) is 9.59 Å². The minimum atomic E-state index is -0.450. The van der Waals surface area contributed by atoms with Crippen molar-refractivity contribution in [1.29, 1.82) is 0 Å². The maximum absolute atomic E-state index is 14.7. The zero-order chi connectivity index (χ0) is 87.7. The van der Waals surface area contributed by atoms with Crippen LogP contribution in [0.25, 0.3) is 0 Å². The van der Waals surface area contributed by atoms with E-state index in [1.165, 1.54) is 0 Å². The standard InChI is InChI=1S/C113H96O16/c114-112(96-44-26-9-27-45-96)67-113(115)97-58-110(128-80-94-54-106(124-76-90-46-98(116-68-82-28-10-1-11-29-82)60-99(47-90)117-69-83-30-12-2-13-31-83)64-107(55-94)125-77-91-48-100(118-70-84-32-14-3-15-33-84)61-101(49-91)119-71-85-34-16-4-17-35-85)66-111(59-97)129-81-95-56-108(126-78-92-50-102(120-72-86-36-18-5-19-37-86)62-103(51-92)121-73-87-38-20-6-21-39-87)65-109(57-95)127-79-93-52-104(122-74-88-40-22-7-23-41-88)63-105(53-93)123-75-89-42-24-8-25-43-89/h1-66H,67-81H2. The normalized spacial score (nSPS) is 10.9. The van der Waals surface area contributed by atoms with E-state index in [1.807, 2.05) is 358 Å². The molecule has 0 amide bonds. The lowest BCUT2D eigenvalue weighted by atomic mass is 10.0. The molecule has 16 heteroatoms. The fourth-order valence-corrected chi connectivity index (χ4v) is 14.1. The second kappa shape index (κ2) is 45.1. The molecule has 0 spiro atoms. The largest absolute Gasteiger partial charge is 0.489 e. The molecule has 16 rings (SSSR count). The molecule has 16 nitrogen and oxygen atoms in total. The van der Waals surface area contributed by atoms with Crippen molar-refractivity contribution in [2.75, 3.05) is 0 Å². The van der Waals surface area contributed by atoms with E-state index in [4.69, 9.17) is 66.3 Å². The molecule has 0 heterocycles. The van der Waals surface area contributed by atoms with Crippen LogP contribution in [0.4, 0.5) is 0 Å². The summed E-state index contributed by atoms with van der Waals surface area (Å²) in [6, 6.07) is 128. The van der Waals surface area contributed by atoms with E-state index in [9.17, 15) is 9.59 Å². The molecule has 0 aliphatic carbocycles. The van der Waals surface area contributed by atoms with Gasteiger partial charge in [-0.15, -0.1) is 0 Å². The molecule has 16 aromatic rings. The fraction of sp³-hybridized carbons (Fsp3) is 0.133. The van der Waals surface area contributed by atoms with E-state index >= 15 is 0 Å². The van der Waals surface area contributed by atoms with Crippen molar-refractivity contribution < 1.29 is 75.9 Å². The molecule has 129 heavy (non-hydrogen) atoms. The van der Waals surface area contributed by atoms with Gasteiger partial charge >= 0.3 is 0 Å². The van der Waals surface area contributed by atoms with Crippen molar-refractivity contribution in [3.63, 3.8) is 0 Å². The van der Waals surface area contributed by atoms with Gasteiger partial charge in [-0.2, -0.15) is 0 Å². The van der Waals surface area contributed by atoms with Crippen LogP contribution < -0.4 is 66.3 Å². The lowest BCUT2D eigenvalue weighted by Crippen LogP contribution is -2.09. The Morgan fingerprint density at radius 3 is 0.411 bits per heavy atom. The first kappa shape index (κ1) is 86.6. The molecule has 0 N–H and O–H groups in total. The maximum atomic E-state index is 14.7. The van der Waals surface area contributed by atoms with E-state index in [2.05, 4.69) is 0 Å². The Bertz CT molecular complexity index is 5350. The first-order valence-corrected chi connectivity index (χ1v) is 42.8. The van der Waals surface area contributed by atoms with Crippen molar-refractivity contribution in [3.05, 3.63) is 489 Å². The summed E-state index contributed by atoms with van der Waals surface area (Å²) in [7, 11) is 0. The van der Waals surface area contributed by atoms with Crippen LogP contribution in [0.1, 0.15) is 105 Å². The zero-order valence-electron chi connectivity index (χ0n) is 71.2. The predicted octanol–water partition coefficient (Wildman–Crippen LogP) is 25.2. The number of carbonyl (C=O) groups excluding carboxylic acids is 2. The summed E-state index contributed by atoms with van der Waals surface area (Å²) in [6.45, 7) is 2.97. The van der Waals surface area contributed by atoms with Gasteiger partial charge in [0.1, 0.15) is 173 Å². The van der Waals surface area contributed by atoms with Crippen LogP contribution in [0.15, 0.2) is 400 Å². The monoisotopic (exact) mass is 1710 g/mol. The third kappa shape index (κ3) is 27.5. The highest BCUT2D eigenvalue weighted by Crippen LogP contribution is 2.36. The second-order valence-corrected chi connectivity index (χ2v) is 30.9. The Morgan fingerprint density at radius 2 is 0.256 bits per heavy atom. The highest BCUT2D eigenvalue weighted by Gasteiger charge is 2.20. The molecule has 16 aromatic carbocycles. The van der Waals surface area contributed by atoms with Gasteiger partial charge < -0.3 is 66.3 Å². The Balaban J connectivity index is 0.706. The van der Waals surface area contributed by atoms with Crippen LogP contribution in [0.2, 0.25) is 0 Å². The molecule has 0 fully saturated rings. The van der Waals surface area contributed by atoms with Crippen LogP contribution in [-0.2, 0) is 92.5 Å². The van der Waals surface area contributed by atoms with Crippen LogP contribution >= 0.6 is 0 Å². The summed E-state index contributed by atoms with van der Waals surface area (Å²) in [6.07, 6.45) is -0.427. The van der Waals surface area contributed by atoms with E-state index in [0.29, 0.717) is 139 Å². The molecule has 644 valence electrons. The number of ether oxygens (including phenoxy) is 14. The third-order valence-electron chi connectivity index (χ3n) is 20.7. The van der Waals surface area contributed by atoms with Gasteiger partial charge in [-0.25, -0.2) is 0 Å². The Hall–Kier alpha value is -15.9. The van der Waals surface area contributed by atoms with E-state index in [0.717, 1.165) is 66.8 Å². The Kier molecular flexibility index (Phi) is 30.3. The number of benzene rings is 16. The molecular weight excluding hydrogens is 1610 g/mol. The molecule has 0 aromatic heterocycles. The Labute approximate surface area is 751 Å². The summed E-state index contributed by atoms with van der Waals surface area (Å²) in [5.41, 5.74) is 13.1. The smallest absolute Gasteiger partial charge is 0.170 e. The first-order chi connectivity index (χ1) is 63.6. The predicted molar refractivity (Wildman–Crippen MR) is 497 cm³/mol. The summed E-state index contributed by atoms with van der Waals surface area (Å²) >= 11 is 0. The summed E-state index contributed by atoms with van der Waals surface area (Å²) in [5, 5.41) is 0. The van der Waals surface area contributed by atoms with Crippen LogP contribution in [0, 0.1) is 0 Å². The summed E-state index contributed by atoms with van der Waals surface area (Å²) in [5.74, 6) is 6.39. The van der Waals surface area contributed by atoms with E-state index < -0.39 is 12.2 Å². The molecule has 0 saturated heterocycles. The number of ketones is 2. The molecule has 0 radical (unpaired) electrons. The maximum Gasteiger partial charge on any atom is 0.170 e. The number of rotatable bonds is 46. The quantitative estimate of drug-likeness (QED) is 0.0261. The lowest BCUT2D eigenvalue weighted by Gasteiger charge is -2.17. The van der Waals surface area contributed by atoms with E-state index in [1.54, 1.807) is 42.5 Å². The van der Waals surface area contributed by atoms with Crippen LogP contribution in [0.3, 0.4) is 0 Å².